The Labute approximate surface area is 211 Å². The predicted octanol–water partition coefficient (Wildman–Crippen LogP) is 1.39. The van der Waals surface area contributed by atoms with Crippen molar-refractivity contribution in [2.75, 3.05) is 0 Å². The van der Waals surface area contributed by atoms with Gasteiger partial charge >= 0.3 is 26.2 Å². The first kappa shape index (κ1) is 25.0. The van der Waals surface area contributed by atoms with E-state index in [0.29, 0.717) is 5.92 Å². The molecule has 1 aliphatic rings. The zero-order valence-electron chi connectivity index (χ0n) is 17.6. The van der Waals surface area contributed by atoms with Crippen molar-refractivity contribution in [2.24, 2.45) is 0 Å². The van der Waals surface area contributed by atoms with Crippen molar-refractivity contribution in [3.8, 4) is 0 Å². The molecule has 0 fully saturated rings. The second-order valence-corrected chi connectivity index (χ2v) is 7.82. The van der Waals surface area contributed by atoms with E-state index in [1.165, 1.54) is 54.9 Å². The molecule has 1 aliphatic carbocycles. The Kier molecular flexibility index (Phi) is 8.25. The van der Waals surface area contributed by atoms with E-state index in [9.17, 15) is 0 Å². The van der Waals surface area contributed by atoms with E-state index in [1.54, 1.807) is 0 Å². The maximum atomic E-state index is 2.44. The smallest absolute Gasteiger partial charge is 1.00 e. The Morgan fingerprint density at radius 3 is 2.33 bits per heavy atom. The van der Waals surface area contributed by atoms with Crippen LogP contribution in [0.3, 0.4) is 0 Å². The van der Waals surface area contributed by atoms with Gasteiger partial charge in [-0.1, -0.05) is 90.7 Å². The topological polar surface area (TPSA) is 0 Å². The number of hydrogen-bond acceptors (Lipinski definition) is 0. The number of hydrogen-bond donors (Lipinski definition) is 0. The van der Waals surface area contributed by atoms with Gasteiger partial charge in [0, 0.05) is 5.92 Å². The summed E-state index contributed by atoms with van der Waals surface area (Å²) >= 11 is 0. The van der Waals surface area contributed by atoms with Crippen LogP contribution in [0.1, 0.15) is 54.5 Å². The van der Waals surface area contributed by atoms with Gasteiger partial charge < -0.3 is 24.8 Å². The van der Waals surface area contributed by atoms with Crippen molar-refractivity contribution < 1.29 is 51.0 Å². The van der Waals surface area contributed by atoms with Crippen LogP contribution in [-0.4, -0.2) is 0 Å². The normalized spacial score (nSPS) is 14.5. The molecule has 4 aromatic rings. The molecule has 3 heteroatoms. The minimum Gasteiger partial charge on any atom is -1.00 e. The van der Waals surface area contributed by atoms with Crippen molar-refractivity contribution in [1.82, 2.24) is 0 Å². The molecule has 5 rings (SSSR count). The third-order valence-electron chi connectivity index (χ3n) is 6.31. The summed E-state index contributed by atoms with van der Waals surface area (Å²) in [7, 11) is 0. The second-order valence-electron chi connectivity index (χ2n) is 7.82. The van der Waals surface area contributed by atoms with Crippen molar-refractivity contribution in [2.45, 2.75) is 39.5 Å². The van der Waals surface area contributed by atoms with Gasteiger partial charge in [0.15, 0.2) is 0 Å². The number of benzene rings is 3. The van der Waals surface area contributed by atoms with Crippen LogP contribution in [0.15, 0.2) is 66.2 Å². The van der Waals surface area contributed by atoms with E-state index in [0.717, 1.165) is 12.8 Å². The van der Waals surface area contributed by atoms with Crippen LogP contribution in [-0.2, 0) is 39.0 Å². The van der Waals surface area contributed by atoms with E-state index in [2.05, 4.69) is 87.5 Å². The van der Waals surface area contributed by atoms with E-state index in [4.69, 9.17) is 0 Å². The fourth-order valence-corrected chi connectivity index (χ4v) is 4.94. The number of aryl methyl sites for hydroxylation is 2. The average molecular weight is 512 g/mol. The van der Waals surface area contributed by atoms with Crippen LogP contribution in [0.4, 0.5) is 0 Å². The van der Waals surface area contributed by atoms with Crippen molar-refractivity contribution in [1.29, 1.82) is 0 Å². The molecule has 0 nitrogen and oxygen atoms in total. The summed E-state index contributed by atoms with van der Waals surface area (Å²) in [4.78, 5) is 0. The van der Waals surface area contributed by atoms with Gasteiger partial charge in [0.1, 0.15) is 0 Å². The summed E-state index contributed by atoms with van der Waals surface area (Å²) in [5.41, 5.74) is 8.70. The molecule has 0 spiro atoms. The summed E-state index contributed by atoms with van der Waals surface area (Å²) in [6.07, 6.45) is 4.53. The first-order chi connectivity index (χ1) is 13.2. The SMILES string of the molecule is CCc1ccc2c(c1)[cH-]c1c(C3C(C)=Cc4ccccc43)c(CC)ccc12.[Cl-].[Cl-].[Zr+3]. The van der Waals surface area contributed by atoms with E-state index in [1.807, 2.05) is 0 Å². The summed E-state index contributed by atoms with van der Waals surface area (Å²) in [5, 5.41) is 5.61. The number of rotatable bonds is 3. The summed E-state index contributed by atoms with van der Waals surface area (Å²) in [6.45, 7) is 6.80. The first-order valence-corrected chi connectivity index (χ1v) is 10.1. The Hall–Kier alpha value is -1.27. The molecule has 0 saturated heterocycles. The van der Waals surface area contributed by atoms with Crippen molar-refractivity contribution >= 4 is 27.6 Å². The third-order valence-corrected chi connectivity index (χ3v) is 6.31. The van der Waals surface area contributed by atoms with Gasteiger partial charge in [-0.25, -0.2) is 0 Å². The number of halogens is 2. The van der Waals surface area contributed by atoms with Crippen molar-refractivity contribution in [3.05, 3.63) is 94.1 Å². The van der Waals surface area contributed by atoms with Crippen LogP contribution in [0, 0.1) is 0 Å². The molecule has 0 bridgehead atoms. The molecular formula is C27H25Cl2Zr. The van der Waals surface area contributed by atoms with Gasteiger partial charge in [0.05, 0.1) is 0 Å². The molecular weight excluding hydrogens is 486 g/mol. The molecule has 0 N–H and O–H groups in total. The van der Waals surface area contributed by atoms with E-state index >= 15 is 0 Å². The molecule has 4 aromatic carbocycles. The zero-order chi connectivity index (χ0) is 18.5. The molecule has 0 amide bonds. The quantitative estimate of drug-likeness (QED) is 0.365. The maximum Gasteiger partial charge on any atom is 3.00 e. The number of allylic oxidation sites excluding steroid dienone is 1. The molecule has 151 valence electrons. The van der Waals surface area contributed by atoms with Gasteiger partial charge in [-0.2, -0.15) is 0 Å². The van der Waals surface area contributed by atoms with E-state index in [-0.39, 0.29) is 51.0 Å². The summed E-state index contributed by atoms with van der Waals surface area (Å²) in [5.74, 6) is 0.377. The van der Waals surface area contributed by atoms with Crippen LogP contribution in [0.2, 0.25) is 0 Å². The van der Waals surface area contributed by atoms with Crippen molar-refractivity contribution in [3.63, 3.8) is 0 Å². The van der Waals surface area contributed by atoms with Crippen LogP contribution >= 0.6 is 0 Å². The monoisotopic (exact) mass is 509 g/mol. The Balaban J connectivity index is 0.00000107. The standard InChI is InChI=1S/C27H25.2ClH.Zr/c1-4-18-10-12-22-21(15-18)16-25-24(22)13-11-19(5-2)27(25)26-17(3)14-20-8-6-7-9-23(20)26;;;/h6-16,26H,4-5H2,1-3H3;2*1H;/q-1;;;+3/p-2. The van der Waals surface area contributed by atoms with E-state index < -0.39 is 0 Å². The molecule has 1 radical (unpaired) electrons. The molecule has 30 heavy (non-hydrogen) atoms. The third kappa shape index (κ3) is 3.86. The molecule has 0 aliphatic heterocycles. The minimum absolute atomic E-state index is 0. The Morgan fingerprint density at radius 1 is 0.867 bits per heavy atom. The largest absolute Gasteiger partial charge is 3.00 e. The van der Waals surface area contributed by atoms with Crippen LogP contribution < -0.4 is 24.8 Å². The molecule has 1 unspecified atom stereocenters. The predicted molar refractivity (Wildman–Crippen MR) is 118 cm³/mol. The minimum atomic E-state index is 0. The first-order valence-electron chi connectivity index (χ1n) is 10.1. The van der Waals surface area contributed by atoms with Gasteiger partial charge in [0.25, 0.3) is 0 Å². The second kappa shape index (κ2) is 9.90. The molecule has 0 aromatic heterocycles. The fraction of sp³-hybridized carbons (Fsp3) is 0.222. The fourth-order valence-electron chi connectivity index (χ4n) is 4.94. The van der Waals surface area contributed by atoms with Gasteiger partial charge in [-0.3, -0.25) is 0 Å². The summed E-state index contributed by atoms with van der Waals surface area (Å²) in [6, 6.07) is 23.0. The van der Waals surface area contributed by atoms with Gasteiger partial charge in [-0.05, 0) is 30.9 Å². The van der Waals surface area contributed by atoms with Gasteiger partial charge in [0.2, 0.25) is 0 Å². The Morgan fingerprint density at radius 2 is 1.60 bits per heavy atom. The molecule has 0 heterocycles. The molecule has 1 atom stereocenters. The maximum absolute atomic E-state index is 2.44. The van der Waals surface area contributed by atoms with Crippen LogP contribution in [0.25, 0.3) is 27.6 Å². The van der Waals surface area contributed by atoms with Crippen LogP contribution in [0.5, 0.6) is 0 Å². The summed E-state index contributed by atoms with van der Waals surface area (Å²) < 4.78 is 0. The average Bonchev–Trinajstić information content (AvgIpc) is 3.23. The molecule has 0 saturated carbocycles. The number of fused-ring (bicyclic) bond motifs is 4. The van der Waals surface area contributed by atoms with Gasteiger partial charge in [-0.15, -0.1) is 33.7 Å². The zero-order valence-corrected chi connectivity index (χ0v) is 21.6. The Bertz CT molecular complexity index is 1220.